The average molecular weight is 479 g/mol. The van der Waals surface area contributed by atoms with Crippen LogP contribution in [0.5, 0.6) is 0 Å². The zero-order valence-electron chi connectivity index (χ0n) is 19.9. The Bertz CT molecular complexity index is 1110. The molecular formula is C27H31FN4O3. The van der Waals surface area contributed by atoms with Crippen LogP contribution in [0.2, 0.25) is 0 Å². The molecule has 0 radical (unpaired) electrons. The number of likely N-dealkylation sites (tertiary alicyclic amines) is 1. The Kier molecular flexibility index (Phi) is 6.83. The Labute approximate surface area is 204 Å². The fourth-order valence-electron chi connectivity index (χ4n) is 4.95. The van der Waals surface area contributed by atoms with Crippen LogP contribution in [-0.4, -0.2) is 42.8 Å². The molecule has 2 atom stereocenters. The smallest absolute Gasteiger partial charge is 0.251 e. The van der Waals surface area contributed by atoms with E-state index in [0.717, 1.165) is 50.3 Å². The molecule has 2 aromatic carbocycles. The number of benzene rings is 2. The van der Waals surface area contributed by atoms with Gasteiger partial charge < -0.3 is 15.1 Å². The molecule has 7 nitrogen and oxygen atoms in total. The van der Waals surface area contributed by atoms with Crippen molar-refractivity contribution in [2.75, 3.05) is 31.2 Å². The molecule has 3 aliphatic rings. The largest absolute Gasteiger partial charge is 0.392 e. The first kappa shape index (κ1) is 23.5. The molecule has 0 bridgehead atoms. The summed E-state index contributed by atoms with van der Waals surface area (Å²) in [7, 11) is 0. The van der Waals surface area contributed by atoms with Gasteiger partial charge in [0.25, 0.3) is 5.91 Å². The second kappa shape index (κ2) is 10.2. The van der Waals surface area contributed by atoms with Crippen LogP contribution in [0.25, 0.3) is 0 Å². The van der Waals surface area contributed by atoms with Gasteiger partial charge in [-0.2, -0.15) is 0 Å². The lowest BCUT2D eigenvalue weighted by Crippen LogP contribution is -2.38. The van der Waals surface area contributed by atoms with Crippen LogP contribution in [0.3, 0.4) is 0 Å². The number of ketones is 1. The first-order chi connectivity index (χ1) is 17.0. The molecule has 0 spiro atoms. The standard InChI is InChI=1S/C27H31FN4O3/c1-18-16-32(30-35-18)25-4-2-3-21(14-25)27(34)29-15-22-13-23(22)17-31-11-9-20(10-12-31)26(33)19-5-7-24(28)8-6-19/h2-8,14,16,20,22-23,30H,9-13,15,17H2,1H3,(H,29,34). The summed E-state index contributed by atoms with van der Waals surface area (Å²) >= 11 is 0. The molecule has 184 valence electrons. The maximum Gasteiger partial charge on any atom is 0.251 e. The molecule has 1 amide bonds. The highest BCUT2D eigenvalue weighted by atomic mass is 19.1. The monoisotopic (exact) mass is 478 g/mol. The maximum atomic E-state index is 13.1. The van der Waals surface area contributed by atoms with Gasteiger partial charge in [0.05, 0.1) is 11.9 Å². The van der Waals surface area contributed by atoms with E-state index in [-0.39, 0.29) is 23.4 Å². The van der Waals surface area contributed by atoms with Crippen LogP contribution in [0.4, 0.5) is 10.1 Å². The maximum absolute atomic E-state index is 13.1. The number of halogens is 1. The van der Waals surface area contributed by atoms with Gasteiger partial charge in [0.15, 0.2) is 5.78 Å². The van der Waals surface area contributed by atoms with E-state index in [4.69, 9.17) is 4.84 Å². The highest BCUT2D eigenvalue weighted by molar-refractivity contribution is 5.98. The minimum absolute atomic E-state index is 0.0171. The number of rotatable bonds is 8. The first-order valence-corrected chi connectivity index (χ1v) is 12.3. The molecule has 0 aromatic heterocycles. The third-order valence-corrected chi connectivity index (χ3v) is 7.18. The number of nitrogens with one attached hydrogen (secondary N) is 2. The summed E-state index contributed by atoms with van der Waals surface area (Å²) in [5.41, 5.74) is 4.84. The van der Waals surface area contributed by atoms with E-state index in [0.29, 0.717) is 29.5 Å². The fraction of sp³-hybridized carbons (Fsp3) is 0.407. The van der Waals surface area contributed by atoms with E-state index < -0.39 is 0 Å². The lowest BCUT2D eigenvalue weighted by Gasteiger charge is -2.31. The van der Waals surface area contributed by atoms with Gasteiger partial charge in [0.2, 0.25) is 0 Å². The molecule has 1 saturated heterocycles. The van der Waals surface area contributed by atoms with Gasteiger partial charge in [0, 0.05) is 30.1 Å². The number of carbonyl (C=O) groups excluding carboxylic acids is 2. The SMILES string of the molecule is CC1=CN(c2cccc(C(=O)NCC3CC3CN3CCC(C(=O)c4ccc(F)cc4)CC3)c2)NO1. The molecule has 8 heteroatoms. The number of piperidine rings is 1. The van der Waals surface area contributed by atoms with Crippen molar-refractivity contribution in [3.63, 3.8) is 0 Å². The first-order valence-electron chi connectivity index (χ1n) is 12.3. The third-order valence-electron chi connectivity index (χ3n) is 7.18. The number of carbonyl (C=O) groups is 2. The zero-order chi connectivity index (χ0) is 24.4. The summed E-state index contributed by atoms with van der Waals surface area (Å²) in [6, 6.07) is 13.3. The number of Topliss-reactive ketones (excluding diaryl/α,β-unsaturated/α-hetero) is 1. The average Bonchev–Trinajstić information content (AvgIpc) is 3.47. The van der Waals surface area contributed by atoms with E-state index in [2.05, 4.69) is 15.8 Å². The molecule has 2 aromatic rings. The van der Waals surface area contributed by atoms with Gasteiger partial charge in [-0.25, -0.2) is 9.40 Å². The minimum atomic E-state index is -0.318. The van der Waals surface area contributed by atoms with Crippen molar-refractivity contribution in [2.45, 2.75) is 26.2 Å². The molecule has 2 aliphatic heterocycles. The van der Waals surface area contributed by atoms with Gasteiger partial charge in [-0.05, 0) is 93.6 Å². The summed E-state index contributed by atoms with van der Waals surface area (Å²) in [6.07, 6.45) is 4.62. The summed E-state index contributed by atoms with van der Waals surface area (Å²) in [5.74, 6) is 1.59. The minimum Gasteiger partial charge on any atom is -0.392 e. The van der Waals surface area contributed by atoms with Crippen LogP contribution in [0.15, 0.2) is 60.5 Å². The Balaban J connectivity index is 1.04. The van der Waals surface area contributed by atoms with Crippen molar-refractivity contribution in [3.05, 3.63) is 77.4 Å². The molecule has 2 N–H and O–H groups in total. The molecule has 2 fully saturated rings. The van der Waals surface area contributed by atoms with Crippen molar-refractivity contribution in [3.8, 4) is 0 Å². The molecule has 5 rings (SSSR count). The van der Waals surface area contributed by atoms with Crippen LogP contribution in [-0.2, 0) is 4.84 Å². The predicted octanol–water partition coefficient (Wildman–Crippen LogP) is 3.90. The van der Waals surface area contributed by atoms with Crippen LogP contribution < -0.4 is 15.9 Å². The van der Waals surface area contributed by atoms with E-state index in [1.54, 1.807) is 17.1 Å². The topological polar surface area (TPSA) is 73.9 Å². The number of amides is 1. The molecule has 1 saturated carbocycles. The van der Waals surface area contributed by atoms with Gasteiger partial charge in [-0.3, -0.25) is 9.59 Å². The molecule has 2 unspecified atom stereocenters. The van der Waals surface area contributed by atoms with Crippen molar-refractivity contribution in [2.24, 2.45) is 17.8 Å². The lowest BCUT2D eigenvalue weighted by molar-refractivity contribution is 0.0835. The van der Waals surface area contributed by atoms with Crippen LogP contribution in [0, 0.1) is 23.6 Å². The Morgan fingerprint density at radius 2 is 1.86 bits per heavy atom. The zero-order valence-corrected chi connectivity index (χ0v) is 19.9. The predicted molar refractivity (Wildman–Crippen MR) is 131 cm³/mol. The van der Waals surface area contributed by atoms with Crippen molar-refractivity contribution < 1.29 is 18.8 Å². The van der Waals surface area contributed by atoms with Gasteiger partial charge in [-0.15, -0.1) is 0 Å². The number of hydrazine groups is 1. The van der Waals surface area contributed by atoms with Crippen LogP contribution >= 0.6 is 0 Å². The number of allylic oxidation sites excluding steroid dienone is 1. The Hall–Kier alpha value is -3.23. The van der Waals surface area contributed by atoms with E-state index in [1.165, 1.54) is 12.1 Å². The van der Waals surface area contributed by atoms with Crippen LogP contribution in [0.1, 0.15) is 46.9 Å². The number of nitrogens with zero attached hydrogens (tertiary/aromatic N) is 2. The van der Waals surface area contributed by atoms with E-state index in [1.807, 2.05) is 37.4 Å². The molecule has 2 heterocycles. The number of anilines is 1. The Morgan fingerprint density at radius 3 is 2.57 bits per heavy atom. The molecule has 35 heavy (non-hydrogen) atoms. The van der Waals surface area contributed by atoms with Gasteiger partial charge >= 0.3 is 0 Å². The summed E-state index contributed by atoms with van der Waals surface area (Å²) in [5, 5.41) is 4.82. The quantitative estimate of drug-likeness (QED) is 0.561. The van der Waals surface area contributed by atoms with Gasteiger partial charge in [0.1, 0.15) is 11.6 Å². The summed E-state index contributed by atoms with van der Waals surface area (Å²) in [4.78, 5) is 33.0. The Morgan fingerprint density at radius 1 is 1.09 bits per heavy atom. The summed E-state index contributed by atoms with van der Waals surface area (Å²) in [6.45, 7) is 5.35. The van der Waals surface area contributed by atoms with Crippen molar-refractivity contribution >= 4 is 17.4 Å². The fourth-order valence-corrected chi connectivity index (χ4v) is 4.95. The number of hydrogen-bond acceptors (Lipinski definition) is 6. The van der Waals surface area contributed by atoms with Crippen molar-refractivity contribution in [1.82, 2.24) is 15.8 Å². The number of hydrogen-bond donors (Lipinski definition) is 2. The lowest BCUT2D eigenvalue weighted by atomic mass is 9.89. The summed E-state index contributed by atoms with van der Waals surface area (Å²) < 4.78 is 13.1. The van der Waals surface area contributed by atoms with Gasteiger partial charge in [-0.1, -0.05) is 11.7 Å². The second-order valence-electron chi connectivity index (χ2n) is 9.77. The van der Waals surface area contributed by atoms with Crippen molar-refractivity contribution in [1.29, 1.82) is 0 Å². The van der Waals surface area contributed by atoms with E-state index in [9.17, 15) is 14.0 Å². The third kappa shape index (κ3) is 5.71. The second-order valence-corrected chi connectivity index (χ2v) is 9.77. The molecule has 1 aliphatic carbocycles. The van der Waals surface area contributed by atoms with E-state index >= 15 is 0 Å². The normalized spacial score (nSPS) is 22.5. The highest BCUT2D eigenvalue weighted by Crippen LogP contribution is 2.39. The highest BCUT2D eigenvalue weighted by Gasteiger charge is 2.39. The molecular weight excluding hydrogens is 447 g/mol.